The smallest absolute Gasteiger partial charge is 0.417 e. The molecule has 3 aromatic heterocycles. The van der Waals surface area contributed by atoms with Crippen LogP contribution in [0.5, 0.6) is 23.0 Å². The van der Waals surface area contributed by atoms with Crippen LogP contribution in [-0.4, -0.2) is 231 Å². The topological polar surface area (TPSA) is 424 Å². The number of amides is 9. The van der Waals surface area contributed by atoms with Crippen molar-refractivity contribution in [3.63, 3.8) is 0 Å². The number of rotatable bonds is 30. The molecule has 43 heteroatoms. The minimum atomic E-state index is -4.86. The Hall–Kier alpha value is -14.8. The van der Waals surface area contributed by atoms with Crippen LogP contribution in [0.1, 0.15) is 106 Å². The molecule has 4 N–H and O–H groups in total. The Morgan fingerprint density at radius 3 is 1.12 bits per heavy atom. The average Bonchev–Trinajstić information content (AvgIpc) is 1.67. The lowest BCUT2D eigenvalue weighted by molar-refractivity contribution is -0.138. The fraction of sp³-hybridized carbons (Fsp3) is 0.289. The third-order valence-corrected chi connectivity index (χ3v) is 22.5. The minimum Gasteiger partial charge on any atom is -0.491 e. The van der Waals surface area contributed by atoms with Crippen molar-refractivity contribution < 1.29 is 118 Å². The molecule has 16 rings (SSSR count). The first kappa shape index (κ1) is 103. The van der Waals surface area contributed by atoms with Crippen molar-refractivity contribution >= 4 is 111 Å². The molecule has 4 aliphatic rings. The van der Waals surface area contributed by atoms with Crippen LogP contribution in [-0.2, 0) is 85.4 Å². The molecule has 4 aliphatic heterocycles. The maximum absolute atomic E-state index is 14.1. The molecule has 0 spiro atoms. The van der Waals surface area contributed by atoms with E-state index in [-0.39, 0.29) is 195 Å². The molecule has 0 saturated heterocycles. The van der Waals surface area contributed by atoms with E-state index >= 15 is 0 Å². The molecule has 0 fully saturated rings. The molecule has 0 aliphatic carbocycles. The number of aliphatic hydroxyl groups excluding tert-OH is 3. The van der Waals surface area contributed by atoms with Crippen molar-refractivity contribution in [3.05, 3.63) is 295 Å². The Morgan fingerprint density at radius 2 is 0.757 bits per heavy atom. The Bertz CT molecular complexity index is 6450. The van der Waals surface area contributed by atoms with E-state index in [4.69, 9.17) is 91.8 Å². The molecule has 0 bridgehead atoms. The van der Waals surface area contributed by atoms with Gasteiger partial charge in [0.25, 0.3) is 29.5 Å². The van der Waals surface area contributed by atoms with Crippen molar-refractivity contribution in [2.45, 2.75) is 72.8 Å². The summed E-state index contributed by atoms with van der Waals surface area (Å²) in [4.78, 5) is 130. The fourth-order valence-electron chi connectivity index (χ4n) is 15.0. The highest BCUT2D eigenvalue weighted by molar-refractivity contribution is 6.36. The summed E-state index contributed by atoms with van der Waals surface area (Å²) in [6.45, 7) is 6.26. The number of carbonyl (C=O) groups excluding carboxylic acids is 9. The normalized spacial score (nSPS) is 13.6. The van der Waals surface area contributed by atoms with Gasteiger partial charge in [-0.2, -0.15) is 13.2 Å². The first-order valence-corrected chi connectivity index (χ1v) is 44.8. The van der Waals surface area contributed by atoms with Gasteiger partial charge in [-0.15, -0.1) is 30.6 Å². The Balaban J connectivity index is 0.000000157. The molecule has 7 heterocycles. The summed E-state index contributed by atoms with van der Waals surface area (Å²) in [5.41, 5.74) is 4.01. The molecule has 36 nitrogen and oxygen atoms in total. The van der Waals surface area contributed by atoms with Gasteiger partial charge in [-0.1, -0.05) is 120 Å². The quantitative estimate of drug-likeness (QED) is 0.0240. The van der Waals surface area contributed by atoms with Crippen molar-refractivity contribution in [1.82, 2.24) is 55.5 Å². The average molecular weight is 1990 g/mol. The minimum absolute atomic E-state index is 0.0126. The van der Waals surface area contributed by atoms with Gasteiger partial charge in [-0.05, 0) is 138 Å². The van der Waals surface area contributed by atoms with Crippen LogP contribution in [0, 0.1) is 19.7 Å². The van der Waals surface area contributed by atoms with Gasteiger partial charge < -0.3 is 81.9 Å². The lowest BCUT2D eigenvalue weighted by Gasteiger charge is -2.24. The Labute approximate surface area is 813 Å². The largest absolute Gasteiger partial charge is 0.491 e. The van der Waals surface area contributed by atoms with Gasteiger partial charge in [-0.3, -0.25) is 62.8 Å². The standard InChI is InChI=1S/C27H22ClFN4O5.C24H28ClN3O6.C23H23ClN4O5.C23H21F3N4O5/c28-21-13-18(37-12-11-34)9-10-19(21)27(36)33-16-25(35)32(14-17-5-1-4-8-23(17)33)15-24-30-31-26(38-24)20-6-2-3-7-22(20)29;1-2-33-11-9-26-22(30)15-27-14-17-5-3-4-6-21(17)28(16-23(27)31)24(32)19-8-7-18(13-20(19)25)34-12-10-29;1-15-25-26-21(33-15)13-27-12-16-5-3-4-6-20(16)28(14-22(27)29)23(30)18-8-7-17(11-19(18)24)32-10-9-31-2;1-14-27-28-20(35-14)12-29-11-15-4-2-3-5-19(15)30(13-21(29)32)22(33)17-7-6-16(34-9-8-31)10-18(17)23(24,25)26/h1-10,13,34H,11-12,14-16H2;3-8,13,29H,2,9-12,14-16H2,1H3,(H,26,30);3-8,11H,9-10,12-14H2,1-2H3;2-7,10,31H,8-9,11-13H2,1H3. The lowest BCUT2D eigenvalue weighted by atomic mass is 10.0. The van der Waals surface area contributed by atoms with Gasteiger partial charge in [-0.25, -0.2) is 4.39 Å². The number of carbonyl (C=O) groups is 9. The monoisotopic (exact) mass is 1990 g/mol. The second kappa shape index (κ2) is 48.5. The second-order valence-corrected chi connectivity index (χ2v) is 32.4. The molecule has 140 heavy (non-hydrogen) atoms. The van der Waals surface area contributed by atoms with Crippen molar-refractivity contribution in [2.75, 3.05) is 132 Å². The summed E-state index contributed by atoms with van der Waals surface area (Å²) < 4.78 is 104. The van der Waals surface area contributed by atoms with Crippen LogP contribution in [0.15, 0.2) is 207 Å². The maximum atomic E-state index is 14.1. The van der Waals surface area contributed by atoms with E-state index in [0.717, 1.165) is 27.7 Å². The second-order valence-electron chi connectivity index (χ2n) is 31.2. The third kappa shape index (κ3) is 26.4. The number of benzene rings is 9. The van der Waals surface area contributed by atoms with Crippen LogP contribution >= 0.6 is 34.8 Å². The molecule has 0 atom stereocenters. The highest BCUT2D eigenvalue weighted by Gasteiger charge is 2.41. The lowest BCUT2D eigenvalue weighted by Crippen LogP contribution is -2.44. The number of nitrogens with one attached hydrogen (secondary N) is 1. The van der Waals surface area contributed by atoms with Crippen LogP contribution in [0.4, 0.5) is 40.3 Å². The number of methoxy groups -OCH3 is 1. The molecule has 12 aromatic rings. The SMILES string of the molecule is CCOCCNC(=O)CN1Cc2ccccc2N(C(=O)c2ccc(OCCO)cc2Cl)CC1=O.COCCOc1ccc(C(=O)N2CC(=O)N(Cc3nnc(C)o3)Cc3ccccc32)c(Cl)c1.Cc1nnc(CN2Cc3ccccc3N(C(=O)c3ccc(OCCO)cc3C(F)(F)F)CC2=O)o1.O=C1CN(C(=O)c2ccc(OCCO)cc2Cl)c2ccccc2CN1Cc1nnc(-c2ccccc2F)o1. The first-order valence-electron chi connectivity index (χ1n) is 43.6. The van der Waals surface area contributed by atoms with E-state index in [0.29, 0.717) is 109 Å². The first-order chi connectivity index (χ1) is 67.5. The zero-order valence-electron chi connectivity index (χ0n) is 75.8. The van der Waals surface area contributed by atoms with Gasteiger partial charge in [0.05, 0.1) is 108 Å². The number of aryl methyl sites for hydroxylation is 2. The zero-order valence-corrected chi connectivity index (χ0v) is 78.1. The van der Waals surface area contributed by atoms with Gasteiger partial charge in [0.15, 0.2) is 0 Å². The van der Waals surface area contributed by atoms with Gasteiger partial charge in [0.1, 0.15) is 81.4 Å². The summed E-state index contributed by atoms with van der Waals surface area (Å²) in [7, 11) is 1.59. The highest BCUT2D eigenvalue weighted by atomic mass is 35.5. The van der Waals surface area contributed by atoms with E-state index in [1.54, 1.807) is 117 Å². The number of hydrogen-bond acceptors (Lipinski definition) is 27. The number of aromatic nitrogens is 6. The Morgan fingerprint density at radius 1 is 0.414 bits per heavy atom. The van der Waals surface area contributed by atoms with Gasteiger partial charge >= 0.3 is 6.18 Å². The molecule has 732 valence electrons. The van der Waals surface area contributed by atoms with Crippen molar-refractivity contribution in [3.8, 4) is 34.5 Å². The molecule has 9 amide bonds. The predicted molar refractivity (Wildman–Crippen MR) is 499 cm³/mol. The number of nitrogens with zero attached hydrogens (tertiary/aromatic N) is 14. The van der Waals surface area contributed by atoms with E-state index in [9.17, 15) is 60.7 Å². The van der Waals surface area contributed by atoms with Crippen molar-refractivity contribution in [2.24, 2.45) is 0 Å². The number of para-hydroxylation sites is 4. The number of anilines is 4. The molecule has 0 saturated carbocycles. The van der Waals surface area contributed by atoms with E-state index in [2.05, 4.69) is 35.9 Å². The van der Waals surface area contributed by atoms with E-state index < -0.39 is 53.3 Å². The number of halogens is 7. The molecular formula is C97H94Cl3F4N15O21. The van der Waals surface area contributed by atoms with Gasteiger partial charge in [0, 0.05) is 83.0 Å². The summed E-state index contributed by atoms with van der Waals surface area (Å²) in [6.07, 6.45) is -4.86. The third-order valence-electron chi connectivity index (χ3n) is 21.6. The maximum Gasteiger partial charge on any atom is 0.417 e. The van der Waals surface area contributed by atoms with E-state index in [1.807, 2.05) is 55.5 Å². The van der Waals surface area contributed by atoms with Crippen LogP contribution in [0.2, 0.25) is 15.1 Å². The fourth-order valence-corrected chi connectivity index (χ4v) is 15.8. The van der Waals surface area contributed by atoms with Crippen LogP contribution in [0.25, 0.3) is 11.5 Å². The zero-order chi connectivity index (χ0) is 99.7. The predicted octanol–water partition coefficient (Wildman–Crippen LogP) is 12.1. The summed E-state index contributed by atoms with van der Waals surface area (Å²) >= 11 is 19.2. The summed E-state index contributed by atoms with van der Waals surface area (Å²) in [5.74, 6) is -1.85. The van der Waals surface area contributed by atoms with Crippen LogP contribution in [0.3, 0.4) is 0 Å². The number of fused-ring (bicyclic) bond motifs is 4. The number of aliphatic hydroxyl groups is 3. The van der Waals surface area contributed by atoms with Crippen molar-refractivity contribution in [1.29, 1.82) is 0 Å². The summed E-state index contributed by atoms with van der Waals surface area (Å²) in [6, 6.07) is 51.4. The Kier molecular flexibility index (Phi) is 35.5. The number of alkyl halides is 3. The molecular weight excluding hydrogens is 1890 g/mol. The van der Waals surface area contributed by atoms with Gasteiger partial charge in [0.2, 0.25) is 59.0 Å². The molecule has 0 radical (unpaired) electrons. The summed E-state index contributed by atoms with van der Waals surface area (Å²) in [5, 5.41) is 53.4. The van der Waals surface area contributed by atoms with E-state index in [1.165, 1.54) is 71.9 Å². The number of hydrogen-bond donors (Lipinski definition) is 4. The highest BCUT2D eigenvalue weighted by Crippen LogP contribution is 2.40. The molecule has 9 aromatic carbocycles. The molecule has 0 unspecified atom stereocenters. The van der Waals surface area contributed by atoms with Crippen LogP contribution < -0.4 is 43.9 Å². The number of ether oxygens (including phenoxy) is 6.